The third-order valence-electron chi connectivity index (χ3n) is 4.43. The Morgan fingerprint density at radius 1 is 1.23 bits per heavy atom. The van der Waals surface area contributed by atoms with Crippen molar-refractivity contribution in [2.75, 3.05) is 26.2 Å². The minimum atomic E-state index is -0.180. The van der Waals surface area contributed by atoms with E-state index in [0.717, 1.165) is 19.4 Å². The number of nitrogens with zero attached hydrogens (tertiary/aromatic N) is 3. The number of rotatable bonds is 8. The molecule has 0 aliphatic carbocycles. The maximum absolute atomic E-state index is 12.2. The van der Waals surface area contributed by atoms with E-state index in [-0.39, 0.29) is 11.9 Å². The molecule has 0 bridgehead atoms. The van der Waals surface area contributed by atoms with Gasteiger partial charge in [0, 0.05) is 18.9 Å². The van der Waals surface area contributed by atoms with E-state index in [2.05, 4.69) is 15.3 Å². The van der Waals surface area contributed by atoms with Crippen LogP contribution in [-0.2, 0) is 4.79 Å². The lowest BCUT2D eigenvalue weighted by molar-refractivity contribution is -0.124. The predicted octanol–water partition coefficient (Wildman–Crippen LogP) is 2.61. The Labute approximate surface area is 134 Å². The number of unbranched alkanes of at least 4 members (excludes halogenated alkanes) is 1. The van der Waals surface area contributed by atoms with Crippen molar-refractivity contribution in [2.45, 2.75) is 57.9 Å². The van der Waals surface area contributed by atoms with Crippen LogP contribution in [0.2, 0.25) is 0 Å². The second kappa shape index (κ2) is 9.62. The summed E-state index contributed by atoms with van der Waals surface area (Å²) in [5.41, 5.74) is 0. The van der Waals surface area contributed by atoms with Gasteiger partial charge in [-0.3, -0.25) is 9.48 Å². The summed E-state index contributed by atoms with van der Waals surface area (Å²) in [7, 11) is 0. The molecule has 124 valence electrons. The van der Waals surface area contributed by atoms with Crippen molar-refractivity contribution in [1.82, 2.24) is 20.0 Å². The van der Waals surface area contributed by atoms with Crippen LogP contribution in [0, 0.1) is 0 Å². The molecule has 1 saturated heterocycles. The molecule has 1 aromatic rings. The van der Waals surface area contributed by atoms with Crippen LogP contribution in [0.1, 0.15) is 57.9 Å². The van der Waals surface area contributed by atoms with Gasteiger partial charge in [0.15, 0.2) is 0 Å². The van der Waals surface area contributed by atoms with Crippen LogP contribution >= 0.6 is 0 Å². The van der Waals surface area contributed by atoms with Crippen LogP contribution in [-0.4, -0.2) is 46.8 Å². The highest BCUT2D eigenvalue weighted by Crippen LogP contribution is 2.11. The van der Waals surface area contributed by atoms with E-state index < -0.39 is 0 Å². The van der Waals surface area contributed by atoms with Gasteiger partial charge in [-0.15, -0.1) is 0 Å². The zero-order chi connectivity index (χ0) is 15.6. The molecule has 0 saturated carbocycles. The van der Waals surface area contributed by atoms with E-state index in [1.807, 2.05) is 19.2 Å². The monoisotopic (exact) mass is 306 g/mol. The van der Waals surface area contributed by atoms with Gasteiger partial charge in [0.25, 0.3) is 0 Å². The van der Waals surface area contributed by atoms with E-state index in [4.69, 9.17) is 0 Å². The molecule has 5 nitrogen and oxygen atoms in total. The number of hydrogen-bond donors (Lipinski definition) is 1. The van der Waals surface area contributed by atoms with Crippen LogP contribution in [0.5, 0.6) is 0 Å². The number of hydrogen-bond acceptors (Lipinski definition) is 3. The van der Waals surface area contributed by atoms with E-state index in [0.29, 0.717) is 0 Å². The van der Waals surface area contributed by atoms with Gasteiger partial charge >= 0.3 is 0 Å². The van der Waals surface area contributed by atoms with Crippen LogP contribution in [0.3, 0.4) is 0 Å². The van der Waals surface area contributed by atoms with Gasteiger partial charge in [-0.1, -0.05) is 19.8 Å². The van der Waals surface area contributed by atoms with E-state index in [1.54, 1.807) is 10.9 Å². The van der Waals surface area contributed by atoms with Gasteiger partial charge < -0.3 is 10.2 Å². The second-order valence-electron chi connectivity index (χ2n) is 6.16. The van der Waals surface area contributed by atoms with Gasteiger partial charge in [-0.25, -0.2) is 0 Å². The molecule has 0 radical (unpaired) electrons. The Kier molecular flexibility index (Phi) is 7.43. The molecule has 1 fully saturated rings. The molecule has 5 heteroatoms. The SMILES string of the molecule is CC[C@@H](C(=O)NCCCCN1CCCCCC1)n1cccn1. The first kappa shape index (κ1) is 17.0. The molecule has 2 rings (SSSR count). The number of aromatic nitrogens is 2. The molecule has 1 atom stereocenters. The lowest BCUT2D eigenvalue weighted by Gasteiger charge is -2.19. The standard InChI is InChI=1S/C17H30N4O/c1-2-16(21-15-9-11-19-21)17(22)18-10-5-8-14-20-12-6-3-4-7-13-20/h9,11,15-16H,2-8,10,12-14H2,1H3,(H,18,22)/t16-/m0/s1. The Hall–Kier alpha value is -1.36. The molecule has 2 heterocycles. The molecular weight excluding hydrogens is 276 g/mol. The fourth-order valence-corrected chi connectivity index (χ4v) is 3.11. The lowest BCUT2D eigenvalue weighted by Crippen LogP contribution is -2.33. The highest BCUT2D eigenvalue weighted by molar-refractivity contribution is 5.80. The first-order valence-electron chi connectivity index (χ1n) is 8.80. The number of carbonyl (C=O) groups excluding carboxylic acids is 1. The summed E-state index contributed by atoms with van der Waals surface area (Å²) in [4.78, 5) is 14.8. The van der Waals surface area contributed by atoms with Gasteiger partial charge in [0.05, 0.1) is 0 Å². The molecular formula is C17H30N4O. The van der Waals surface area contributed by atoms with Gasteiger partial charge in [-0.05, 0) is 57.8 Å². The Morgan fingerprint density at radius 2 is 2.00 bits per heavy atom. The summed E-state index contributed by atoms with van der Waals surface area (Å²) in [6.07, 6.45) is 12.0. The minimum absolute atomic E-state index is 0.0842. The Morgan fingerprint density at radius 3 is 2.64 bits per heavy atom. The first-order chi connectivity index (χ1) is 10.8. The van der Waals surface area contributed by atoms with Crippen molar-refractivity contribution in [3.05, 3.63) is 18.5 Å². The van der Waals surface area contributed by atoms with Crippen molar-refractivity contribution >= 4 is 5.91 Å². The summed E-state index contributed by atoms with van der Waals surface area (Å²) in [6.45, 7) is 6.47. The van der Waals surface area contributed by atoms with Gasteiger partial charge in [0.2, 0.25) is 5.91 Å². The van der Waals surface area contributed by atoms with E-state index in [9.17, 15) is 4.79 Å². The third-order valence-corrected chi connectivity index (χ3v) is 4.43. The molecule has 1 aliphatic heterocycles. The largest absolute Gasteiger partial charge is 0.354 e. The molecule has 1 aromatic heterocycles. The Bertz CT molecular complexity index is 410. The summed E-state index contributed by atoms with van der Waals surface area (Å²) in [6, 6.07) is 1.68. The van der Waals surface area contributed by atoms with Crippen molar-refractivity contribution in [3.8, 4) is 0 Å². The van der Waals surface area contributed by atoms with Crippen molar-refractivity contribution < 1.29 is 4.79 Å². The number of carbonyl (C=O) groups is 1. The maximum atomic E-state index is 12.2. The summed E-state index contributed by atoms with van der Waals surface area (Å²) in [5.74, 6) is 0.0842. The average Bonchev–Trinajstić information content (AvgIpc) is 2.91. The molecule has 0 spiro atoms. The zero-order valence-electron chi connectivity index (χ0n) is 13.8. The Balaban J connectivity index is 1.60. The lowest BCUT2D eigenvalue weighted by atomic mass is 10.2. The summed E-state index contributed by atoms with van der Waals surface area (Å²) >= 11 is 0. The minimum Gasteiger partial charge on any atom is -0.354 e. The molecule has 1 aliphatic rings. The van der Waals surface area contributed by atoms with Crippen LogP contribution in [0.15, 0.2) is 18.5 Å². The molecule has 1 amide bonds. The average molecular weight is 306 g/mol. The number of amides is 1. The summed E-state index contributed by atoms with van der Waals surface area (Å²) in [5, 5.41) is 7.23. The third kappa shape index (κ3) is 5.44. The first-order valence-corrected chi connectivity index (χ1v) is 8.80. The normalized spacial score (nSPS) is 17.9. The van der Waals surface area contributed by atoms with Crippen molar-refractivity contribution in [2.24, 2.45) is 0 Å². The number of nitrogens with one attached hydrogen (secondary N) is 1. The highest BCUT2D eigenvalue weighted by atomic mass is 16.2. The van der Waals surface area contributed by atoms with Crippen LogP contribution in [0.4, 0.5) is 0 Å². The molecule has 22 heavy (non-hydrogen) atoms. The molecule has 1 N–H and O–H groups in total. The van der Waals surface area contributed by atoms with Crippen molar-refractivity contribution in [3.63, 3.8) is 0 Å². The van der Waals surface area contributed by atoms with Gasteiger partial charge in [-0.2, -0.15) is 5.10 Å². The van der Waals surface area contributed by atoms with Crippen LogP contribution in [0.25, 0.3) is 0 Å². The number of likely N-dealkylation sites (tertiary alicyclic amines) is 1. The van der Waals surface area contributed by atoms with E-state index >= 15 is 0 Å². The second-order valence-corrected chi connectivity index (χ2v) is 6.16. The quantitative estimate of drug-likeness (QED) is 0.751. The van der Waals surface area contributed by atoms with E-state index in [1.165, 1.54) is 51.7 Å². The predicted molar refractivity (Wildman–Crippen MR) is 88.7 cm³/mol. The molecule has 0 unspecified atom stereocenters. The van der Waals surface area contributed by atoms with Crippen LogP contribution < -0.4 is 5.32 Å². The topological polar surface area (TPSA) is 50.2 Å². The fraction of sp³-hybridized carbons (Fsp3) is 0.765. The fourth-order valence-electron chi connectivity index (χ4n) is 3.11. The highest BCUT2D eigenvalue weighted by Gasteiger charge is 2.17. The zero-order valence-corrected chi connectivity index (χ0v) is 13.8. The van der Waals surface area contributed by atoms with Gasteiger partial charge in [0.1, 0.15) is 6.04 Å². The summed E-state index contributed by atoms with van der Waals surface area (Å²) < 4.78 is 1.74. The molecule has 0 aromatic carbocycles. The maximum Gasteiger partial charge on any atom is 0.244 e. The van der Waals surface area contributed by atoms with Crippen molar-refractivity contribution in [1.29, 1.82) is 0 Å². The smallest absolute Gasteiger partial charge is 0.244 e.